The highest BCUT2D eigenvalue weighted by Gasteiger charge is 2.30. The molecule has 0 saturated carbocycles. The standard InChI is InChI=1S/C35H25N2OP/c38-39(29-14-2-1-3-15-29,30-16-8-11-26(23-30)27-12-10-22-36-25-27)31-17-9-13-28(24-31)37-34-20-6-4-18-32(34)33-19-5-7-21-35(33)37/h1-25H. The van der Waals surface area contributed by atoms with Gasteiger partial charge in [-0.05, 0) is 42.0 Å². The summed E-state index contributed by atoms with van der Waals surface area (Å²) < 4.78 is 17.7. The molecule has 0 bridgehead atoms. The SMILES string of the molecule is O=P(c1ccccc1)(c1cccc(-c2cccnc2)c1)c1cccc(-n2c3ccccc3c3ccccc32)c1. The van der Waals surface area contributed by atoms with Crippen molar-refractivity contribution >= 4 is 44.9 Å². The average molecular weight is 521 g/mol. The predicted molar refractivity (Wildman–Crippen MR) is 163 cm³/mol. The van der Waals surface area contributed by atoms with Gasteiger partial charge in [0.1, 0.15) is 0 Å². The number of hydrogen-bond acceptors (Lipinski definition) is 2. The van der Waals surface area contributed by atoms with E-state index in [-0.39, 0.29) is 0 Å². The monoisotopic (exact) mass is 520 g/mol. The fourth-order valence-corrected chi connectivity index (χ4v) is 8.24. The molecular weight excluding hydrogens is 495 g/mol. The summed E-state index contributed by atoms with van der Waals surface area (Å²) >= 11 is 0. The van der Waals surface area contributed by atoms with Crippen LogP contribution in [-0.2, 0) is 4.57 Å². The number of aromatic nitrogens is 2. The third kappa shape index (κ3) is 3.91. The van der Waals surface area contributed by atoms with Crippen molar-refractivity contribution in [3.63, 3.8) is 0 Å². The van der Waals surface area contributed by atoms with Gasteiger partial charge < -0.3 is 9.13 Å². The molecular formula is C35H25N2OP. The van der Waals surface area contributed by atoms with Gasteiger partial charge in [-0.15, -0.1) is 0 Å². The molecule has 0 aliphatic heterocycles. The van der Waals surface area contributed by atoms with E-state index in [1.165, 1.54) is 10.8 Å². The first-order valence-electron chi connectivity index (χ1n) is 13.0. The van der Waals surface area contributed by atoms with Crippen molar-refractivity contribution in [2.75, 3.05) is 0 Å². The summed E-state index contributed by atoms with van der Waals surface area (Å²) in [4.78, 5) is 4.29. The van der Waals surface area contributed by atoms with Crippen LogP contribution in [0.5, 0.6) is 0 Å². The lowest BCUT2D eigenvalue weighted by atomic mass is 10.1. The maximum Gasteiger partial charge on any atom is 0.171 e. The van der Waals surface area contributed by atoms with Gasteiger partial charge in [0.25, 0.3) is 0 Å². The Morgan fingerprint density at radius 1 is 0.513 bits per heavy atom. The van der Waals surface area contributed by atoms with Crippen LogP contribution >= 0.6 is 7.14 Å². The zero-order valence-electron chi connectivity index (χ0n) is 21.2. The topological polar surface area (TPSA) is 34.9 Å². The molecule has 186 valence electrons. The second-order valence-electron chi connectivity index (χ2n) is 9.63. The molecule has 1 unspecified atom stereocenters. The molecule has 4 heteroatoms. The van der Waals surface area contributed by atoms with Gasteiger partial charge in [0.2, 0.25) is 0 Å². The Morgan fingerprint density at radius 3 is 1.79 bits per heavy atom. The van der Waals surface area contributed by atoms with Crippen molar-refractivity contribution in [3.8, 4) is 16.8 Å². The highest BCUT2D eigenvalue weighted by atomic mass is 31.2. The molecule has 7 rings (SSSR count). The van der Waals surface area contributed by atoms with Crippen molar-refractivity contribution < 1.29 is 4.57 Å². The number of fused-ring (bicyclic) bond motifs is 3. The Bertz CT molecular complexity index is 1940. The molecule has 5 aromatic carbocycles. The number of para-hydroxylation sites is 2. The number of benzene rings is 5. The van der Waals surface area contributed by atoms with E-state index in [0.29, 0.717) is 0 Å². The van der Waals surface area contributed by atoms with E-state index in [1.807, 2.05) is 79.0 Å². The number of nitrogens with zero attached hydrogens (tertiary/aromatic N) is 2. The third-order valence-electron chi connectivity index (χ3n) is 7.36. The van der Waals surface area contributed by atoms with Gasteiger partial charge in [-0.2, -0.15) is 0 Å². The van der Waals surface area contributed by atoms with Gasteiger partial charge in [-0.3, -0.25) is 4.98 Å². The van der Waals surface area contributed by atoms with Gasteiger partial charge in [0.15, 0.2) is 7.14 Å². The molecule has 0 radical (unpaired) electrons. The Hall–Kier alpha value is -4.72. The van der Waals surface area contributed by atoms with Crippen LogP contribution in [0.1, 0.15) is 0 Å². The van der Waals surface area contributed by atoms with Crippen molar-refractivity contribution in [3.05, 3.63) is 152 Å². The maximum absolute atomic E-state index is 15.4. The molecule has 0 amide bonds. The fourth-order valence-electron chi connectivity index (χ4n) is 5.53. The molecule has 2 heterocycles. The van der Waals surface area contributed by atoms with Crippen LogP contribution in [0.2, 0.25) is 0 Å². The van der Waals surface area contributed by atoms with E-state index in [9.17, 15) is 0 Å². The number of rotatable bonds is 5. The van der Waals surface area contributed by atoms with Crippen LogP contribution < -0.4 is 15.9 Å². The summed E-state index contributed by atoms with van der Waals surface area (Å²) in [5.74, 6) is 0. The molecule has 7 aromatic rings. The van der Waals surface area contributed by atoms with E-state index < -0.39 is 7.14 Å². The first kappa shape index (κ1) is 23.4. The minimum atomic E-state index is -3.21. The van der Waals surface area contributed by atoms with E-state index in [4.69, 9.17) is 0 Å². The molecule has 0 fully saturated rings. The summed E-state index contributed by atoms with van der Waals surface area (Å²) in [6.45, 7) is 0. The summed E-state index contributed by atoms with van der Waals surface area (Å²) in [5, 5.41) is 4.82. The maximum atomic E-state index is 15.4. The normalized spacial score (nSPS) is 12.9. The predicted octanol–water partition coefficient (Wildman–Crippen LogP) is 7.49. The molecule has 3 nitrogen and oxygen atoms in total. The molecule has 2 aromatic heterocycles. The van der Waals surface area contributed by atoms with Gasteiger partial charge in [-0.1, -0.05) is 103 Å². The zero-order valence-corrected chi connectivity index (χ0v) is 22.1. The van der Waals surface area contributed by atoms with Crippen LogP contribution in [0.4, 0.5) is 0 Å². The first-order chi connectivity index (χ1) is 19.2. The second-order valence-corrected chi connectivity index (χ2v) is 12.4. The van der Waals surface area contributed by atoms with Gasteiger partial charge >= 0.3 is 0 Å². The molecule has 0 N–H and O–H groups in total. The minimum Gasteiger partial charge on any atom is -0.309 e. The summed E-state index contributed by atoms with van der Waals surface area (Å²) in [5.41, 5.74) is 5.24. The van der Waals surface area contributed by atoms with Crippen LogP contribution in [0.3, 0.4) is 0 Å². The van der Waals surface area contributed by atoms with Crippen LogP contribution in [0.15, 0.2) is 152 Å². The quantitative estimate of drug-likeness (QED) is 0.221. The Labute approximate surface area is 227 Å². The Kier molecular flexibility index (Phi) is 5.73. The van der Waals surface area contributed by atoms with E-state index >= 15 is 4.57 Å². The summed E-state index contributed by atoms with van der Waals surface area (Å²) in [6, 6.07) is 47.0. The first-order valence-corrected chi connectivity index (χ1v) is 14.7. The second kappa shape index (κ2) is 9.54. The van der Waals surface area contributed by atoms with Crippen molar-refractivity contribution in [1.82, 2.24) is 9.55 Å². The summed E-state index contributed by atoms with van der Waals surface area (Å²) in [7, 11) is -3.21. The number of pyridine rings is 1. The highest BCUT2D eigenvalue weighted by Crippen LogP contribution is 2.44. The molecule has 1 atom stereocenters. The van der Waals surface area contributed by atoms with Gasteiger partial charge in [0.05, 0.1) is 11.0 Å². The number of hydrogen-bond donors (Lipinski definition) is 0. The lowest BCUT2D eigenvalue weighted by molar-refractivity contribution is 0.592. The fraction of sp³-hybridized carbons (Fsp3) is 0. The lowest BCUT2D eigenvalue weighted by Gasteiger charge is -2.22. The molecule has 0 aliphatic rings. The van der Waals surface area contributed by atoms with Crippen LogP contribution in [0.25, 0.3) is 38.6 Å². The average Bonchev–Trinajstić information content (AvgIpc) is 3.36. The van der Waals surface area contributed by atoms with Crippen molar-refractivity contribution in [1.29, 1.82) is 0 Å². The van der Waals surface area contributed by atoms with Gasteiger partial charge in [0, 0.05) is 50.3 Å². The largest absolute Gasteiger partial charge is 0.309 e. The minimum absolute atomic E-state index is 0.800. The third-order valence-corrected chi connectivity index (χ3v) is 10.4. The van der Waals surface area contributed by atoms with E-state index in [0.717, 1.165) is 43.8 Å². The molecule has 0 aliphatic carbocycles. The molecule has 39 heavy (non-hydrogen) atoms. The highest BCUT2D eigenvalue weighted by molar-refractivity contribution is 7.85. The summed E-state index contributed by atoms with van der Waals surface area (Å²) in [6.07, 6.45) is 3.61. The Morgan fingerprint density at radius 2 is 1.10 bits per heavy atom. The lowest BCUT2D eigenvalue weighted by Crippen LogP contribution is -2.25. The van der Waals surface area contributed by atoms with E-state index in [2.05, 4.69) is 76.3 Å². The van der Waals surface area contributed by atoms with Crippen LogP contribution in [0, 0.1) is 0 Å². The van der Waals surface area contributed by atoms with E-state index in [1.54, 1.807) is 6.20 Å². The Balaban J connectivity index is 1.47. The smallest absolute Gasteiger partial charge is 0.171 e. The zero-order chi connectivity index (χ0) is 26.2. The van der Waals surface area contributed by atoms with Gasteiger partial charge in [-0.25, -0.2) is 0 Å². The molecule has 0 spiro atoms. The van der Waals surface area contributed by atoms with Crippen molar-refractivity contribution in [2.24, 2.45) is 0 Å². The van der Waals surface area contributed by atoms with Crippen LogP contribution in [-0.4, -0.2) is 9.55 Å². The molecule has 0 saturated heterocycles. The van der Waals surface area contributed by atoms with Crippen molar-refractivity contribution in [2.45, 2.75) is 0 Å².